The van der Waals surface area contributed by atoms with Gasteiger partial charge >= 0.3 is 0 Å². The number of benzene rings is 1. The molecule has 2 rings (SSSR count). The van der Waals surface area contributed by atoms with Gasteiger partial charge in [-0.2, -0.15) is 0 Å². The average molecular weight is 206 g/mol. The summed E-state index contributed by atoms with van der Waals surface area (Å²) in [7, 11) is 2.15. The van der Waals surface area contributed by atoms with Crippen LogP contribution in [0.15, 0.2) is 18.2 Å². The van der Waals surface area contributed by atoms with Crippen molar-refractivity contribution in [2.45, 2.75) is 25.3 Å². The Balaban J connectivity index is 2.12. The van der Waals surface area contributed by atoms with E-state index in [1.165, 1.54) is 19.4 Å². The number of rotatable bonds is 2. The molecule has 1 unspecified atom stereocenters. The third-order valence-electron chi connectivity index (χ3n) is 3.25. The standard InChI is InChI=1S/C12H18N2O/c1-14-6-2-3-10(14)7-9-8-11(15)4-5-12(9)13/h4-5,8,10,15H,2-3,6-7,13H2,1H3. The number of nitrogens with two attached hydrogens (primary N) is 1. The number of likely N-dealkylation sites (tertiary alicyclic amines) is 1. The molecule has 0 spiro atoms. The van der Waals surface area contributed by atoms with Crippen molar-refractivity contribution in [3.63, 3.8) is 0 Å². The topological polar surface area (TPSA) is 49.5 Å². The summed E-state index contributed by atoms with van der Waals surface area (Å²) in [6.07, 6.45) is 3.43. The molecule has 3 heteroatoms. The number of aromatic hydroxyl groups is 1. The Bertz CT molecular complexity index is 351. The van der Waals surface area contributed by atoms with Gasteiger partial charge in [-0.3, -0.25) is 0 Å². The van der Waals surface area contributed by atoms with Crippen LogP contribution in [0.4, 0.5) is 5.69 Å². The van der Waals surface area contributed by atoms with E-state index in [4.69, 9.17) is 5.73 Å². The summed E-state index contributed by atoms with van der Waals surface area (Å²) in [6, 6.07) is 5.77. The lowest BCUT2D eigenvalue weighted by Crippen LogP contribution is -2.27. The summed E-state index contributed by atoms with van der Waals surface area (Å²) >= 11 is 0. The first-order valence-electron chi connectivity index (χ1n) is 5.44. The molecule has 1 aliphatic heterocycles. The summed E-state index contributed by atoms with van der Waals surface area (Å²) in [5, 5.41) is 9.41. The van der Waals surface area contributed by atoms with Crippen LogP contribution in [0.5, 0.6) is 5.75 Å². The average Bonchev–Trinajstić information content (AvgIpc) is 2.58. The maximum atomic E-state index is 9.41. The third kappa shape index (κ3) is 2.23. The van der Waals surface area contributed by atoms with E-state index in [0.29, 0.717) is 11.8 Å². The molecule has 1 aliphatic rings. The van der Waals surface area contributed by atoms with Crippen LogP contribution < -0.4 is 5.73 Å². The van der Waals surface area contributed by atoms with Crippen LogP contribution in [0.2, 0.25) is 0 Å². The predicted molar refractivity (Wildman–Crippen MR) is 61.9 cm³/mol. The maximum absolute atomic E-state index is 9.41. The Hall–Kier alpha value is -1.22. The minimum Gasteiger partial charge on any atom is -0.508 e. The minimum absolute atomic E-state index is 0.305. The highest BCUT2D eigenvalue weighted by Gasteiger charge is 2.21. The van der Waals surface area contributed by atoms with Crippen molar-refractivity contribution in [1.29, 1.82) is 0 Å². The van der Waals surface area contributed by atoms with Crippen LogP contribution in [0.25, 0.3) is 0 Å². The predicted octanol–water partition coefficient (Wildman–Crippen LogP) is 1.61. The van der Waals surface area contributed by atoms with Gasteiger partial charge in [-0.1, -0.05) is 0 Å². The van der Waals surface area contributed by atoms with Crippen molar-refractivity contribution < 1.29 is 5.11 Å². The van der Waals surface area contributed by atoms with Gasteiger partial charge in [0.25, 0.3) is 0 Å². The summed E-state index contributed by atoms with van der Waals surface area (Å²) in [5.41, 5.74) is 7.73. The molecule has 0 aliphatic carbocycles. The van der Waals surface area contributed by atoms with E-state index in [0.717, 1.165) is 17.7 Å². The SMILES string of the molecule is CN1CCCC1Cc1cc(O)ccc1N. The number of hydrogen-bond donors (Lipinski definition) is 2. The van der Waals surface area contributed by atoms with Crippen LogP contribution in [0.3, 0.4) is 0 Å². The fraction of sp³-hybridized carbons (Fsp3) is 0.500. The number of likely N-dealkylation sites (N-methyl/N-ethyl adjacent to an activating group) is 1. The van der Waals surface area contributed by atoms with Crippen molar-refractivity contribution in [3.8, 4) is 5.75 Å². The molecular weight excluding hydrogens is 188 g/mol. The lowest BCUT2D eigenvalue weighted by molar-refractivity contribution is 0.309. The molecule has 1 fully saturated rings. The fourth-order valence-electron chi connectivity index (χ4n) is 2.26. The molecule has 82 valence electrons. The lowest BCUT2D eigenvalue weighted by atomic mass is 10.0. The first-order chi connectivity index (χ1) is 7.16. The zero-order chi connectivity index (χ0) is 10.8. The summed E-state index contributed by atoms with van der Waals surface area (Å²) in [5.74, 6) is 0.305. The second-order valence-corrected chi connectivity index (χ2v) is 4.36. The molecule has 3 N–H and O–H groups in total. The Morgan fingerprint density at radius 3 is 3.00 bits per heavy atom. The van der Waals surface area contributed by atoms with Crippen LogP contribution in [0, 0.1) is 0 Å². The van der Waals surface area contributed by atoms with E-state index >= 15 is 0 Å². The molecule has 1 aromatic rings. The van der Waals surface area contributed by atoms with Crippen molar-refractivity contribution in [2.75, 3.05) is 19.3 Å². The molecule has 1 heterocycles. The molecule has 1 atom stereocenters. The Kier molecular flexibility index (Phi) is 2.82. The highest BCUT2D eigenvalue weighted by atomic mass is 16.3. The number of nitrogen functional groups attached to an aromatic ring is 1. The summed E-state index contributed by atoms with van der Waals surface area (Å²) < 4.78 is 0. The van der Waals surface area contributed by atoms with Crippen molar-refractivity contribution in [1.82, 2.24) is 4.90 Å². The number of phenolic OH excluding ortho intramolecular Hbond substituents is 1. The molecule has 0 radical (unpaired) electrons. The smallest absolute Gasteiger partial charge is 0.116 e. The van der Waals surface area contributed by atoms with Gasteiger partial charge in [0.1, 0.15) is 5.75 Å². The molecule has 0 aromatic heterocycles. The van der Waals surface area contributed by atoms with Crippen LogP contribution >= 0.6 is 0 Å². The third-order valence-corrected chi connectivity index (χ3v) is 3.25. The molecule has 15 heavy (non-hydrogen) atoms. The molecular formula is C12H18N2O. The Morgan fingerprint density at radius 1 is 1.53 bits per heavy atom. The number of anilines is 1. The molecule has 1 saturated heterocycles. The number of nitrogens with zero attached hydrogens (tertiary/aromatic N) is 1. The molecule has 0 saturated carbocycles. The molecule has 0 bridgehead atoms. The van der Waals surface area contributed by atoms with Gasteiger partial charge < -0.3 is 15.7 Å². The minimum atomic E-state index is 0.305. The zero-order valence-electron chi connectivity index (χ0n) is 9.11. The lowest BCUT2D eigenvalue weighted by Gasteiger charge is -2.20. The van der Waals surface area contributed by atoms with Crippen molar-refractivity contribution in [2.24, 2.45) is 0 Å². The van der Waals surface area contributed by atoms with Gasteiger partial charge in [0.15, 0.2) is 0 Å². The summed E-state index contributed by atoms with van der Waals surface area (Å²) in [6.45, 7) is 1.17. The Morgan fingerprint density at radius 2 is 2.33 bits per heavy atom. The first kappa shape index (κ1) is 10.3. The summed E-state index contributed by atoms with van der Waals surface area (Å²) in [4.78, 5) is 2.36. The van der Waals surface area contributed by atoms with Crippen molar-refractivity contribution in [3.05, 3.63) is 23.8 Å². The largest absolute Gasteiger partial charge is 0.508 e. The van der Waals surface area contributed by atoms with Gasteiger partial charge in [0.2, 0.25) is 0 Å². The second kappa shape index (κ2) is 4.11. The van der Waals surface area contributed by atoms with E-state index in [1.807, 2.05) is 0 Å². The van der Waals surface area contributed by atoms with Gasteiger partial charge in [-0.25, -0.2) is 0 Å². The quantitative estimate of drug-likeness (QED) is 0.571. The van der Waals surface area contributed by atoms with Gasteiger partial charge in [0, 0.05) is 11.7 Å². The first-order valence-corrected chi connectivity index (χ1v) is 5.44. The van der Waals surface area contributed by atoms with Crippen LogP contribution in [-0.4, -0.2) is 29.6 Å². The van der Waals surface area contributed by atoms with Crippen molar-refractivity contribution >= 4 is 5.69 Å². The fourth-order valence-corrected chi connectivity index (χ4v) is 2.26. The molecule has 0 amide bonds. The zero-order valence-corrected chi connectivity index (χ0v) is 9.11. The molecule has 1 aromatic carbocycles. The van der Waals surface area contributed by atoms with Gasteiger partial charge in [-0.05, 0) is 56.6 Å². The van der Waals surface area contributed by atoms with E-state index in [9.17, 15) is 5.11 Å². The van der Waals surface area contributed by atoms with Crippen LogP contribution in [-0.2, 0) is 6.42 Å². The normalized spacial score (nSPS) is 22.1. The highest BCUT2D eigenvalue weighted by Crippen LogP contribution is 2.24. The van der Waals surface area contributed by atoms with E-state index in [1.54, 1.807) is 18.2 Å². The van der Waals surface area contributed by atoms with Gasteiger partial charge in [-0.15, -0.1) is 0 Å². The van der Waals surface area contributed by atoms with E-state index in [-0.39, 0.29) is 0 Å². The second-order valence-electron chi connectivity index (χ2n) is 4.36. The number of phenols is 1. The number of hydrogen-bond acceptors (Lipinski definition) is 3. The van der Waals surface area contributed by atoms with Gasteiger partial charge in [0.05, 0.1) is 0 Å². The Labute approximate surface area is 90.5 Å². The molecule has 3 nitrogen and oxygen atoms in total. The van der Waals surface area contributed by atoms with E-state index < -0.39 is 0 Å². The highest BCUT2D eigenvalue weighted by molar-refractivity contribution is 5.50. The maximum Gasteiger partial charge on any atom is 0.116 e. The monoisotopic (exact) mass is 206 g/mol. The van der Waals surface area contributed by atoms with Crippen LogP contribution in [0.1, 0.15) is 18.4 Å². The van der Waals surface area contributed by atoms with E-state index in [2.05, 4.69) is 11.9 Å².